The summed E-state index contributed by atoms with van der Waals surface area (Å²) in [5, 5.41) is 10.5. The molecule has 3 rings (SSSR count). The zero-order valence-corrected chi connectivity index (χ0v) is 9.10. The van der Waals surface area contributed by atoms with Crippen molar-refractivity contribution in [3.05, 3.63) is 46.4 Å². The van der Waals surface area contributed by atoms with E-state index in [1.165, 1.54) is 6.07 Å². The molecule has 1 N–H and O–H groups in total. The van der Waals surface area contributed by atoms with Gasteiger partial charge in [-0.1, -0.05) is 0 Å². The van der Waals surface area contributed by atoms with Crippen LogP contribution in [-0.2, 0) is 0 Å². The first-order chi connectivity index (χ1) is 8.15. The monoisotopic (exact) mass is 227 g/mol. The molecule has 0 bridgehead atoms. The molecule has 1 aromatic carbocycles. The summed E-state index contributed by atoms with van der Waals surface area (Å²) in [7, 11) is 0. The molecule has 0 aliphatic heterocycles. The topological polar surface area (TPSA) is 63.3 Å². The Bertz CT molecular complexity index is 790. The lowest BCUT2D eigenvalue weighted by atomic mass is 10.1. The van der Waals surface area contributed by atoms with Crippen molar-refractivity contribution in [3.63, 3.8) is 0 Å². The van der Waals surface area contributed by atoms with Crippen LogP contribution in [0.2, 0.25) is 0 Å². The van der Waals surface area contributed by atoms with Gasteiger partial charge < -0.3 is 9.52 Å². The van der Waals surface area contributed by atoms with Gasteiger partial charge >= 0.3 is 5.63 Å². The van der Waals surface area contributed by atoms with Crippen LogP contribution in [0, 0.1) is 6.92 Å². The molecule has 0 spiro atoms. The molecule has 84 valence electrons. The highest BCUT2D eigenvalue weighted by molar-refractivity contribution is 6.01. The number of hydrogen-bond donors (Lipinski definition) is 1. The first-order valence-corrected chi connectivity index (χ1v) is 5.17. The molecule has 0 saturated heterocycles. The normalized spacial score (nSPS) is 11.1. The zero-order valence-electron chi connectivity index (χ0n) is 9.10. The molecule has 2 heterocycles. The molecular weight excluding hydrogens is 218 g/mol. The largest absolute Gasteiger partial charge is 0.508 e. The van der Waals surface area contributed by atoms with E-state index in [0.29, 0.717) is 16.5 Å². The number of aryl methyl sites for hydroxylation is 1. The number of aromatic hydroxyl groups is 1. The van der Waals surface area contributed by atoms with Gasteiger partial charge in [0.15, 0.2) is 0 Å². The third-order valence-corrected chi connectivity index (χ3v) is 2.67. The summed E-state index contributed by atoms with van der Waals surface area (Å²) in [5.41, 5.74) is 1.41. The van der Waals surface area contributed by atoms with Crippen LogP contribution in [0.3, 0.4) is 0 Å². The third-order valence-electron chi connectivity index (χ3n) is 2.67. The molecule has 0 atom stereocenters. The molecule has 17 heavy (non-hydrogen) atoms. The van der Waals surface area contributed by atoms with Crippen molar-refractivity contribution in [1.82, 2.24) is 4.98 Å². The standard InChI is InChI=1S/C13H9NO3/c1-7-4-10-12(14-6-7)9-3-2-8(15)5-11(9)17-13(10)16/h2-6,15H,1H3. The lowest BCUT2D eigenvalue weighted by Gasteiger charge is -2.02. The van der Waals surface area contributed by atoms with E-state index in [2.05, 4.69) is 4.98 Å². The number of phenols is 1. The number of nitrogens with zero attached hydrogens (tertiary/aromatic N) is 1. The van der Waals surface area contributed by atoms with Crippen LogP contribution >= 0.6 is 0 Å². The van der Waals surface area contributed by atoms with Crippen molar-refractivity contribution in [3.8, 4) is 5.75 Å². The van der Waals surface area contributed by atoms with Crippen LogP contribution < -0.4 is 5.63 Å². The Kier molecular flexibility index (Phi) is 1.92. The second-order valence-electron chi connectivity index (χ2n) is 3.98. The lowest BCUT2D eigenvalue weighted by Crippen LogP contribution is -2.01. The Morgan fingerprint density at radius 1 is 1.24 bits per heavy atom. The summed E-state index contributed by atoms with van der Waals surface area (Å²) in [6.07, 6.45) is 1.70. The minimum Gasteiger partial charge on any atom is -0.508 e. The number of rotatable bonds is 0. The van der Waals surface area contributed by atoms with Gasteiger partial charge in [-0.15, -0.1) is 0 Å². The second-order valence-corrected chi connectivity index (χ2v) is 3.98. The minimum absolute atomic E-state index is 0.0621. The average Bonchev–Trinajstić information content (AvgIpc) is 2.29. The third kappa shape index (κ3) is 1.45. The number of aromatic nitrogens is 1. The molecule has 0 unspecified atom stereocenters. The molecule has 0 fully saturated rings. The molecular formula is C13H9NO3. The predicted octanol–water partition coefficient (Wildman–Crippen LogP) is 2.36. The maximum atomic E-state index is 11.8. The van der Waals surface area contributed by atoms with Crippen molar-refractivity contribution < 1.29 is 9.52 Å². The molecule has 0 radical (unpaired) electrons. The zero-order chi connectivity index (χ0) is 12.0. The fourth-order valence-electron chi connectivity index (χ4n) is 1.89. The molecule has 0 saturated carbocycles. The first-order valence-electron chi connectivity index (χ1n) is 5.17. The second kappa shape index (κ2) is 3.31. The van der Waals surface area contributed by atoms with E-state index >= 15 is 0 Å². The van der Waals surface area contributed by atoms with E-state index in [9.17, 15) is 9.90 Å². The summed E-state index contributed by atoms with van der Waals surface area (Å²) < 4.78 is 5.16. The van der Waals surface area contributed by atoms with Gasteiger partial charge in [-0.3, -0.25) is 4.98 Å². The van der Waals surface area contributed by atoms with Crippen molar-refractivity contribution in [2.24, 2.45) is 0 Å². The smallest absolute Gasteiger partial charge is 0.345 e. The Morgan fingerprint density at radius 2 is 2.06 bits per heavy atom. The van der Waals surface area contributed by atoms with Crippen LogP contribution in [0.25, 0.3) is 21.9 Å². The number of phenolic OH excluding ortho intramolecular Hbond substituents is 1. The van der Waals surface area contributed by atoms with Crippen molar-refractivity contribution in [2.75, 3.05) is 0 Å². The molecule has 4 nitrogen and oxygen atoms in total. The maximum absolute atomic E-state index is 11.8. The van der Waals surface area contributed by atoms with Crippen LogP contribution in [0.1, 0.15) is 5.56 Å². The van der Waals surface area contributed by atoms with E-state index in [0.717, 1.165) is 10.9 Å². The maximum Gasteiger partial charge on any atom is 0.345 e. The van der Waals surface area contributed by atoms with Crippen LogP contribution in [0.5, 0.6) is 5.75 Å². The van der Waals surface area contributed by atoms with Gasteiger partial charge in [0, 0.05) is 17.6 Å². The lowest BCUT2D eigenvalue weighted by molar-refractivity contribution is 0.473. The molecule has 0 aliphatic carbocycles. The quantitative estimate of drug-likeness (QED) is 0.473. The Hall–Kier alpha value is -2.36. The van der Waals surface area contributed by atoms with Gasteiger partial charge in [0.1, 0.15) is 11.3 Å². The number of benzene rings is 1. The molecule has 3 aromatic rings. The summed E-state index contributed by atoms with van der Waals surface area (Å²) in [4.78, 5) is 16.0. The Morgan fingerprint density at radius 3 is 2.88 bits per heavy atom. The fraction of sp³-hybridized carbons (Fsp3) is 0.0769. The van der Waals surface area contributed by atoms with E-state index in [1.54, 1.807) is 24.4 Å². The summed E-state index contributed by atoms with van der Waals surface area (Å²) in [5.74, 6) is 0.0621. The predicted molar refractivity (Wildman–Crippen MR) is 64.2 cm³/mol. The van der Waals surface area contributed by atoms with Crippen molar-refractivity contribution >= 4 is 21.9 Å². The molecule has 4 heteroatoms. The highest BCUT2D eigenvalue weighted by Gasteiger charge is 2.08. The van der Waals surface area contributed by atoms with E-state index < -0.39 is 5.63 Å². The van der Waals surface area contributed by atoms with Crippen LogP contribution in [0.4, 0.5) is 0 Å². The van der Waals surface area contributed by atoms with Gasteiger partial charge in [0.2, 0.25) is 0 Å². The summed E-state index contributed by atoms with van der Waals surface area (Å²) >= 11 is 0. The van der Waals surface area contributed by atoms with Gasteiger partial charge in [-0.05, 0) is 30.7 Å². The van der Waals surface area contributed by atoms with E-state index in [1.807, 2.05) is 6.92 Å². The van der Waals surface area contributed by atoms with Gasteiger partial charge in [-0.25, -0.2) is 4.79 Å². The van der Waals surface area contributed by atoms with Gasteiger partial charge in [0.25, 0.3) is 0 Å². The van der Waals surface area contributed by atoms with Crippen LogP contribution in [0.15, 0.2) is 39.7 Å². The van der Waals surface area contributed by atoms with Gasteiger partial charge in [-0.2, -0.15) is 0 Å². The fourth-order valence-corrected chi connectivity index (χ4v) is 1.89. The minimum atomic E-state index is -0.436. The SMILES string of the molecule is Cc1cnc2c(c1)c(=O)oc1cc(O)ccc12. The molecule has 0 amide bonds. The van der Waals surface area contributed by atoms with Gasteiger partial charge in [0.05, 0.1) is 10.9 Å². The molecule has 2 aromatic heterocycles. The highest BCUT2D eigenvalue weighted by atomic mass is 16.4. The van der Waals surface area contributed by atoms with Crippen molar-refractivity contribution in [2.45, 2.75) is 6.92 Å². The number of pyridine rings is 1. The summed E-state index contributed by atoms with van der Waals surface area (Å²) in [6.45, 7) is 1.87. The summed E-state index contributed by atoms with van der Waals surface area (Å²) in [6, 6.07) is 6.40. The van der Waals surface area contributed by atoms with Crippen LogP contribution in [-0.4, -0.2) is 10.1 Å². The van der Waals surface area contributed by atoms with E-state index in [4.69, 9.17) is 4.42 Å². The number of fused-ring (bicyclic) bond motifs is 3. The molecule has 0 aliphatic rings. The first kappa shape index (κ1) is 9.84. The van der Waals surface area contributed by atoms with E-state index in [-0.39, 0.29) is 5.75 Å². The highest BCUT2D eigenvalue weighted by Crippen LogP contribution is 2.24. The number of hydrogen-bond acceptors (Lipinski definition) is 4. The average molecular weight is 227 g/mol. The Balaban J connectivity index is 2.60. The Labute approximate surface area is 96.1 Å². The van der Waals surface area contributed by atoms with Crippen molar-refractivity contribution in [1.29, 1.82) is 0 Å².